The summed E-state index contributed by atoms with van der Waals surface area (Å²) in [5.41, 5.74) is 6.60. The Kier molecular flexibility index (Phi) is 6.58. The van der Waals surface area contributed by atoms with Gasteiger partial charge in [-0.05, 0) is 86.6 Å². The van der Waals surface area contributed by atoms with Crippen molar-refractivity contribution in [2.45, 2.75) is 19.8 Å². The number of thiophene rings is 1. The van der Waals surface area contributed by atoms with Gasteiger partial charge in [0.25, 0.3) is 0 Å². The number of hydrogen-bond acceptors (Lipinski definition) is 2. The van der Waals surface area contributed by atoms with Gasteiger partial charge in [-0.15, -0.1) is 11.3 Å². The van der Waals surface area contributed by atoms with Crippen molar-refractivity contribution in [2.24, 2.45) is 0 Å². The SMILES string of the molecule is C=C/C=C(\C=C/C)c1nc(-c2cccc(-c3ccc4c5ccccc5c5ccccc5c4c3)c2)cc2c3c(sc12)=CCCC=3. The van der Waals surface area contributed by atoms with Crippen molar-refractivity contribution >= 4 is 71.5 Å². The summed E-state index contributed by atoms with van der Waals surface area (Å²) in [4.78, 5) is 5.33. The Morgan fingerprint density at radius 3 is 2.07 bits per heavy atom. The molecule has 1 nitrogen and oxygen atoms in total. The van der Waals surface area contributed by atoms with E-state index in [4.69, 9.17) is 4.98 Å². The molecule has 8 rings (SSSR count). The van der Waals surface area contributed by atoms with Crippen LogP contribution in [0.1, 0.15) is 25.5 Å². The summed E-state index contributed by atoms with van der Waals surface area (Å²) in [6.45, 7) is 6.04. The van der Waals surface area contributed by atoms with Gasteiger partial charge >= 0.3 is 0 Å². The summed E-state index contributed by atoms with van der Waals surface area (Å²) in [5, 5.41) is 10.4. The summed E-state index contributed by atoms with van der Waals surface area (Å²) in [7, 11) is 0. The van der Waals surface area contributed by atoms with Gasteiger partial charge in [0.2, 0.25) is 0 Å². The molecule has 7 aromatic rings. The zero-order chi connectivity index (χ0) is 29.6. The summed E-state index contributed by atoms with van der Waals surface area (Å²) in [5.74, 6) is 0. The van der Waals surface area contributed by atoms with E-state index in [2.05, 4.69) is 141 Å². The molecule has 0 saturated heterocycles. The smallest absolute Gasteiger partial charge is 0.0887 e. The van der Waals surface area contributed by atoms with Crippen LogP contribution in [0.4, 0.5) is 0 Å². The highest BCUT2D eigenvalue weighted by molar-refractivity contribution is 7.17. The van der Waals surface area contributed by atoms with E-state index < -0.39 is 0 Å². The molecular weight excluding hydrogens is 551 g/mol. The van der Waals surface area contributed by atoms with Crippen LogP contribution in [0.15, 0.2) is 128 Å². The Hall–Kier alpha value is -5.05. The Labute approximate surface area is 261 Å². The average molecular weight is 582 g/mol. The molecule has 0 spiro atoms. The van der Waals surface area contributed by atoms with Crippen molar-refractivity contribution in [2.75, 3.05) is 0 Å². The zero-order valence-corrected chi connectivity index (χ0v) is 25.5. The van der Waals surface area contributed by atoms with E-state index in [0.29, 0.717) is 0 Å². The summed E-state index contributed by atoms with van der Waals surface area (Å²) in [6.07, 6.45) is 15.1. The highest BCUT2D eigenvalue weighted by atomic mass is 32.1. The quantitative estimate of drug-likeness (QED) is 0.146. The van der Waals surface area contributed by atoms with Crippen LogP contribution < -0.4 is 9.75 Å². The van der Waals surface area contributed by atoms with Gasteiger partial charge < -0.3 is 0 Å². The Morgan fingerprint density at radius 1 is 0.682 bits per heavy atom. The van der Waals surface area contributed by atoms with Crippen molar-refractivity contribution in [3.63, 3.8) is 0 Å². The van der Waals surface area contributed by atoms with E-state index >= 15 is 0 Å². The van der Waals surface area contributed by atoms with E-state index in [1.54, 1.807) is 0 Å². The van der Waals surface area contributed by atoms with Crippen LogP contribution in [0, 0.1) is 0 Å². The van der Waals surface area contributed by atoms with Crippen LogP contribution in [-0.2, 0) is 0 Å². The minimum Gasteiger partial charge on any atom is -0.246 e. The fraction of sp³-hybridized carbons (Fsp3) is 0.0714. The number of fused-ring (bicyclic) bond motifs is 9. The molecule has 1 aliphatic rings. The summed E-state index contributed by atoms with van der Waals surface area (Å²) in [6, 6.07) is 35.6. The minimum absolute atomic E-state index is 0.991. The molecule has 2 aromatic heterocycles. The van der Waals surface area contributed by atoms with E-state index in [0.717, 1.165) is 35.4 Å². The van der Waals surface area contributed by atoms with E-state index in [1.165, 1.54) is 63.3 Å². The second kappa shape index (κ2) is 10.9. The predicted octanol–water partition coefficient (Wildman–Crippen LogP) is 10.6. The monoisotopic (exact) mass is 581 g/mol. The lowest BCUT2D eigenvalue weighted by atomic mass is 9.91. The molecule has 0 N–H and O–H groups in total. The predicted molar refractivity (Wildman–Crippen MR) is 193 cm³/mol. The Morgan fingerprint density at radius 2 is 1.34 bits per heavy atom. The number of allylic oxidation sites excluding steroid dienone is 5. The third-order valence-corrected chi connectivity index (χ3v) is 9.96. The van der Waals surface area contributed by atoms with Crippen molar-refractivity contribution in [3.8, 4) is 22.4 Å². The molecule has 0 fully saturated rings. The number of benzene rings is 5. The maximum atomic E-state index is 5.33. The molecule has 2 heteroatoms. The summed E-state index contributed by atoms with van der Waals surface area (Å²) < 4.78 is 2.60. The molecule has 0 atom stereocenters. The second-order valence-electron chi connectivity index (χ2n) is 11.4. The van der Waals surface area contributed by atoms with Crippen LogP contribution in [-0.4, -0.2) is 4.98 Å². The number of nitrogens with zero attached hydrogens (tertiary/aromatic N) is 1. The van der Waals surface area contributed by atoms with E-state index in [-0.39, 0.29) is 0 Å². The standard InChI is InChI=1S/C42H31NS/c1-3-12-27(13-4-2)41-42-38(36-20-9-10-21-40(36)44-42)26-39(43-41)30-15-11-14-28(24-30)29-22-23-35-33-18-6-5-16-31(33)32-17-7-8-19-34(32)37(35)25-29/h3-8,11-26H,1,9-10H2,2H3/b13-4-,27-12+. The number of rotatable bonds is 5. The first kappa shape index (κ1) is 26.6. The van der Waals surface area contributed by atoms with Gasteiger partial charge in [-0.3, -0.25) is 0 Å². The second-order valence-corrected chi connectivity index (χ2v) is 12.4. The molecule has 1 aliphatic carbocycles. The molecule has 5 aromatic carbocycles. The van der Waals surface area contributed by atoms with Crippen LogP contribution in [0.5, 0.6) is 0 Å². The highest BCUT2D eigenvalue weighted by Gasteiger charge is 2.16. The fourth-order valence-electron chi connectivity index (χ4n) is 6.75. The first-order chi connectivity index (χ1) is 21.7. The topological polar surface area (TPSA) is 12.9 Å². The van der Waals surface area contributed by atoms with Crippen molar-refractivity contribution in [1.82, 2.24) is 4.98 Å². The van der Waals surface area contributed by atoms with Crippen LogP contribution in [0.2, 0.25) is 0 Å². The maximum Gasteiger partial charge on any atom is 0.0887 e. The highest BCUT2D eigenvalue weighted by Crippen LogP contribution is 2.38. The Balaban J connectivity index is 1.33. The molecular formula is C42H31NS. The minimum atomic E-state index is 0.991. The van der Waals surface area contributed by atoms with Gasteiger partial charge in [0.1, 0.15) is 0 Å². The Bertz CT molecular complexity index is 2440. The van der Waals surface area contributed by atoms with Crippen LogP contribution >= 0.6 is 11.3 Å². The first-order valence-electron chi connectivity index (χ1n) is 15.3. The van der Waals surface area contributed by atoms with Gasteiger partial charge in [0.05, 0.1) is 16.1 Å². The molecule has 0 bridgehead atoms. The molecule has 44 heavy (non-hydrogen) atoms. The fourth-order valence-corrected chi connectivity index (χ4v) is 8.01. The van der Waals surface area contributed by atoms with Gasteiger partial charge in [-0.25, -0.2) is 4.98 Å². The van der Waals surface area contributed by atoms with Gasteiger partial charge in [0.15, 0.2) is 0 Å². The van der Waals surface area contributed by atoms with E-state index in [1.807, 2.05) is 17.4 Å². The number of hydrogen-bond donors (Lipinski definition) is 0. The van der Waals surface area contributed by atoms with Crippen LogP contribution in [0.3, 0.4) is 0 Å². The average Bonchev–Trinajstić information content (AvgIpc) is 3.46. The lowest BCUT2D eigenvalue weighted by Gasteiger charge is -2.13. The largest absolute Gasteiger partial charge is 0.246 e. The maximum absolute atomic E-state index is 5.33. The first-order valence-corrected chi connectivity index (χ1v) is 16.1. The van der Waals surface area contributed by atoms with Crippen molar-refractivity contribution in [1.29, 1.82) is 0 Å². The number of pyridine rings is 1. The third kappa shape index (κ3) is 4.34. The lowest BCUT2D eigenvalue weighted by Crippen LogP contribution is -2.20. The third-order valence-electron chi connectivity index (χ3n) is 8.74. The van der Waals surface area contributed by atoms with E-state index in [9.17, 15) is 0 Å². The van der Waals surface area contributed by atoms with Crippen LogP contribution in [0.25, 0.3) is 82.5 Å². The summed E-state index contributed by atoms with van der Waals surface area (Å²) >= 11 is 1.85. The van der Waals surface area contributed by atoms with Crippen molar-refractivity contribution in [3.05, 3.63) is 143 Å². The molecule has 0 saturated carbocycles. The molecule has 2 heterocycles. The van der Waals surface area contributed by atoms with Gasteiger partial charge in [-0.1, -0.05) is 122 Å². The molecule has 210 valence electrons. The molecule has 0 radical (unpaired) electrons. The van der Waals surface area contributed by atoms with Gasteiger partial charge in [-0.2, -0.15) is 0 Å². The van der Waals surface area contributed by atoms with Gasteiger partial charge in [0, 0.05) is 21.1 Å². The molecule has 0 amide bonds. The lowest BCUT2D eigenvalue weighted by molar-refractivity contribution is 1.13. The number of aromatic nitrogens is 1. The van der Waals surface area contributed by atoms with Crippen molar-refractivity contribution < 1.29 is 0 Å². The molecule has 0 aliphatic heterocycles. The molecule has 0 unspecified atom stereocenters. The normalized spacial score (nSPS) is 13.4. The zero-order valence-electron chi connectivity index (χ0n) is 24.7.